The van der Waals surface area contributed by atoms with Gasteiger partial charge in [0, 0.05) is 6.54 Å². The molecule has 0 aromatic carbocycles. The largest absolute Gasteiger partial charge is 0.481 e. The Hall–Kier alpha value is -2.12. The minimum Gasteiger partial charge on any atom is -0.481 e. The maximum Gasteiger partial charge on any atom is 0.322 e. The third kappa shape index (κ3) is 1.81. The number of aliphatic carboxylic acids is 1. The summed E-state index contributed by atoms with van der Waals surface area (Å²) in [6, 6.07) is -0.551. The van der Waals surface area contributed by atoms with Crippen LogP contribution in [0.5, 0.6) is 0 Å². The SMILES string of the molecule is CC1(C)[C@H](C(=O)O)[C@@H]1C(=O)N1CCC2(C1)NC(=O)NC2=O. The molecule has 1 saturated carbocycles. The third-order valence-corrected chi connectivity index (χ3v) is 4.95. The molecule has 1 unspecified atom stereocenters. The Bertz CT molecular complexity index is 572. The average molecular weight is 295 g/mol. The molecule has 2 heterocycles. The zero-order valence-electron chi connectivity index (χ0n) is 11.8. The number of carbonyl (C=O) groups excluding carboxylic acids is 3. The normalized spacial score (nSPS) is 36.6. The number of rotatable bonds is 2. The Morgan fingerprint density at radius 3 is 2.43 bits per heavy atom. The molecule has 3 atom stereocenters. The summed E-state index contributed by atoms with van der Waals surface area (Å²) in [5, 5.41) is 13.9. The van der Waals surface area contributed by atoms with Gasteiger partial charge in [0.15, 0.2) is 0 Å². The number of hydrogen-bond acceptors (Lipinski definition) is 4. The van der Waals surface area contributed by atoms with Gasteiger partial charge in [0.2, 0.25) is 5.91 Å². The molecule has 8 heteroatoms. The van der Waals surface area contributed by atoms with E-state index in [0.717, 1.165) is 0 Å². The van der Waals surface area contributed by atoms with Crippen molar-refractivity contribution in [3.8, 4) is 0 Å². The lowest BCUT2D eigenvalue weighted by Gasteiger charge is -2.21. The van der Waals surface area contributed by atoms with E-state index in [2.05, 4.69) is 10.6 Å². The summed E-state index contributed by atoms with van der Waals surface area (Å²) in [7, 11) is 0. The number of hydrogen-bond donors (Lipinski definition) is 3. The zero-order valence-corrected chi connectivity index (χ0v) is 11.8. The fraction of sp³-hybridized carbons (Fsp3) is 0.692. The molecule has 4 amide bonds. The summed E-state index contributed by atoms with van der Waals surface area (Å²) in [6.07, 6.45) is 0.348. The van der Waals surface area contributed by atoms with Crippen molar-refractivity contribution < 1.29 is 24.3 Å². The van der Waals surface area contributed by atoms with Crippen LogP contribution in [0, 0.1) is 17.3 Å². The molecule has 2 saturated heterocycles. The Kier molecular flexibility index (Phi) is 2.61. The second-order valence-electron chi connectivity index (χ2n) is 6.62. The summed E-state index contributed by atoms with van der Waals surface area (Å²) in [5.41, 5.74) is -1.62. The van der Waals surface area contributed by atoms with Crippen LogP contribution in [-0.2, 0) is 14.4 Å². The Balaban J connectivity index is 1.73. The summed E-state index contributed by atoms with van der Waals surface area (Å²) >= 11 is 0. The lowest BCUT2D eigenvalue weighted by molar-refractivity contribution is -0.142. The average Bonchev–Trinajstić information content (AvgIpc) is 2.69. The molecular weight excluding hydrogens is 278 g/mol. The van der Waals surface area contributed by atoms with E-state index < -0.39 is 40.7 Å². The maximum atomic E-state index is 12.5. The number of nitrogens with one attached hydrogen (secondary N) is 2. The molecule has 1 spiro atoms. The van der Waals surface area contributed by atoms with Gasteiger partial charge in [-0.2, -0.15) is 0 Å². The standard InChI is InChI=1S/C13H17N3O5/c1-12(2)6(7(12)9(18)19)8(17)16-4-3-13(5-16)10(20)14-11(21)15-13/h6-7H,3-5H2,1-2H3,(H,18,19)(H2,14,15,20,21)/t6-,7+,13?/m1/s1. The molecule has 3 rings (SSSR count). The second-order valence-corrected chi connectivity index (χ2v) is 6.62. The van der Waals surface area contributed by atoms with Crippen LogP contribution < -0.4 is 10.6 Å². The van der Waals surface area contributed by atoms with Gasteiger partial charge in [-0.3, -0.25) is 19.7 Å². The van der Waals surface area contributed by atoms with Crippen molar-refractivity contribution in [2.45, 2.75) is 25.8 Å². The molecule has 3 N–H and O–H groups in total. The highest BCUT2D eigenvalue weighted by atomic mass is 16.4. The molecule has 8 nitrogen and oxygen atoms in total. The summed E-state index contributed by atoms with van der Waals surface area (Å²) in [5.74, 6) is -2.90. The van der Waals surface area contributed by atoms with Gasteiger partial charge in [-0.25, -0.2) is 4.79 Å². The Morgan fingerprint density at radius 1 is 1.29 bits per heavy atom. The molecule has 3 aliphatic rings. The van der Waals surface area contributed by atoms with Crippen LogP contribution >= 0.6 is 0 Å². The van der Waals surface area contributed by atoms with E-state index in [9.17, 15) is 19.2 Å². The first kappa shape index (κ1) is 13.8. The van der Waals surface area contributed by atoms with Crippen LogP contribution in [0.2, 0.25) is 0 Å². The quantitative estimate of drug-likeness (QED) is 0.574. The van der Waals surface area contributed by atoms with Crippen LogP contribution in [-0.4, -0.2) is 52.4 Å². The molecule has 0 aromatic heterocycles. The van der Waals surface area contributed by atoms with Crippen molar-refractivity contribution in [1.82, 2.24) is 15.5 Å². The molecule has 2 aliphatic heterocycles. The third-order valence-electron chi connectivity index (χ3n) is 4.95. The lowest BCUT2D eigenvalue weighted by Crippen LogP contribution is -2.49. The highest BCUT2D eigenvalue weighted by molar-refractivity contribution is 6.07. The van der Waals surface area contributed by atoms with Crippen molar-refractivity contribution in [2.24, 2.45) is 17.3 Å². The number of urea groups is 1. The van der Waals surface area contributed by atoms with E-state index in [1.807, 2.05) is 0 Å². The minimum absolute atomic E-state index is 0.0995. The van der Waals surface area contributed by atoms with E-state index in [-0.39, 0.29) is 12.5 Å². The van der Waals surface area contributed by atoms with Gasteiger partial charge in [-0.15, -0.1) is 0 Å². The van der Waals surface area contributed by atoms with Crippen LogP contribution in [0.3, 0.4) is 0 Å². The lowest BCUT2D eigenvalue weighted by atomic mass is 9.99. The second kappa shape index (κ2) is 3.96. The number of imide groups is 1. The molecule has 0 aromatic rings. The number of carboxylic acid groups (broad SMARTS) is 1. The number of carbonyl (C=O) groups is 4. The van der Waals surface area contributed by atoms with Crippen molar-refractivity contribution in [3.05, 3.63) is 0 Å². The van der Waals surface area contributed by atoms with E-state index in [1.165, 1.54) is 4.90 Å². The Labute approximate surface area is 120 Å². The minimum atomic E-state index is -1.05. The van der Waals surface area contributed by atoms with E-state index in [1.54, 1.807) is 13.8 Å². The smallest absolute Gasteiger partial charge is 0.322 e. The summed E-state index contributed by atoms with van der Waals surface area (Å²) < 4.78 is 0. The van der Waals surface area contributed by atoms with Crippen LogP contribution in [0.1, 0.15) is 20.3 Å². The van der Waals surface area contributed by atoms with Crippen molar-refractivity contribution in [2.75, 3.05) is 13.1 Å². The van der Waals surface area contributed by atoms with E-state index in [0.29, 0.717) is 13.0 Å². The summed E-state index contributed by atoms with van der Waals surface area (Å²) in [6.45, 7) is 3.95. The molecule has 0 bridgehead atoms. The molecule has 1 aliphatic carbocycles. The first-order valence-electron chi connectivity index (χ1n) is 6.84. The monoisotopic (exact) mass is 295 g/mol. The van der Waals surface area contributed by atoms with Crippen LogP contribution in [0.4, 0.5) is 4.79 Å². The first-order chi connectivity index (χ1) is 9.69. The van der Waals surface area contributed by atoms with E-state index in [4.69, 9.17) is 5.11 Å². The first-order valence-corrected chi connectivity index (χ1v) is 6.84. The van der Waals surface area contributed by atoms with Crippen LogP contribution in [0.15, 0.2) is 0 Å². The molecule has 114 valence electrons. The maximum absolute atomic E-state index is 12.5. The van der Waals surface area contributed by atoms with Gasteiger partial charge in [0.1, 0.15) is 5.54 Å². The van der Waals surface area contributed by atoms with Crippen LogP contribution in [0.25, 0.3) is 0 Å². The zero-order chi connectivity index (χ0) is 15.6. The molecular formula is C13H17N3O5. The fourth-order valence-electron chi connectivity index (χ4n) is 3.57. The van der Waals surface area contributed by atoms with Gasteiger partial charge in [0.05, 0.1) is 18.4 Å². The van der Waals surface area contributed by atoms with Gasteiger partial charge >= 0.3 is 12.0 Å². The molecule has 3 fully saturated rings. The van der Waals surface area contributed by atoms with Crippen molar-refractivity contribution >= 4 is 23.8 Å². The van der Waals surface area contributed by atoms with Crippen molar-refractivity contribution in [1.29, 1.82) is 0 Å². The van der Waals surface area contributed by atoms with Gasteiger partial charge < -0.3 is 15.3 Å². The number of likely N-dealkylation sites (tertiary alicyclic amines) is 1. The van der Waals surface area contributed by atoms with Gasteiger partial charge in [-0.05, 0) is 11.8 Å². The highest BCUT2D eigenvalue weighted by Gasteiger charge is 2.67. The van der Waals surface area contributed by atoms with Gasteiger partial charge in [0.25, 0.3) is 5.91 Å². The molecule has 0 radical (unpaired) electrons. The number of amides is 4. The summed E-state index contributed by atoms with van der Waals surface area (Å²) in [4.78, 5) is 48.2. The van der Waals surface area contributed by atoms with Gasteiger partial charge in [-0.1, -0.05) is 13.8 Å². The Morgan fingerprint density at radius 2 is 1.95 bits per heavy atom. The topological polar surface area (TPSA) is 116 Å². The van der Waals surface area contributed by atoms with E-state index >= 15 is 0 Å². The predicted molar refractivity (Wildman–Crippen MR) is 69.0 cm³/mol. The highest BCUT2D eigenvalue weighted by Crippen LogP contribution is 2.59. The predicted octanol–water partition coefficient (Wildman–Crippen LogP) is -0.846. The number of nitrogens with zero attached hydrogens (tertiary/aromatic N) is 1. The number of carboxylic acids is 1. The molecule has 21 heavy (non-hydrogen) atoms. The van der Waals surface area contributed by atoms with Crippen molar-refractivity contribution in [3.63, 3.8) is 0 Å². The fourth-order valence-corrected chi connectivity index (χ4v) is 3.57.